The fraction of sp³-hybridized carbons (Fsp3) is 0.316. The van der Waals surface area contributed by atoms with Gasteiger partial charge in [-0.25, -0.2) is 0 Å². The van der Waals surface area contributed by atoms with Gasteiger partial charge in [-0.2, -0.15) is 4.68 Å². The molecule has 7 nitrogen and oxygen atoms in total. The normalized spacial score (nSPS) is 12.0. The van der Waals surface area contributed by atoms with E-state index >= 15 is 0 Å². The van der Waals surface area contributed by atoms with E-state index in [2.05, 4.69) is 15.5 Å². The predicted octanol–water partition coefficient (Wildman–Crippen LogP) is 2.82. The molecular formula is C19H22N4O3S. The monoisotopic (exact) mass is 386 g/mol. The Kier molecular flexibility index (Phi) is 6.31. The van der Waals surface area contributed by atoms with Crippen LogP contribution in [0, 0.1) is 13.8 Å². The molecular weight excluding hydrogens is 364 g/mol. The molecule has 3 rings (SSSR count). The van der Waals surface area contributed by atoms with Gasteiger partial charge in [0, 0.05) is 5.75 Å². The summed E-state index contributed by atoms with van der Waals surface area (Å²) in [5.41, 5.74) is 2.87. The highest BCUT2D eigenvalue weighted by atomic mass is 32.2. The second kappa shape index (κ2) is 8.88. The quantitative estimate of drug-likeness (QED) is 0.596. The van der Waals surface area contributed by atoms with Crippen molar-refractivity contribution >= 4 is 11.8 Å². The Bertz CT molecular complexity index is 900. The molecule has 0 radical (unpaired) electrons. The molecule has 1 N–H and O–H groups in total. The Morgan fingerprint density at radius 3 is 2.74 bits per heavy atom. The van der Waals surface area contributed by atoms with E-state index < -0.39 is 6.10 Å². The van der Waals surface area contributed by atoms with Gasteiger partial charge in [-0.15, -0.1) is 5.10 Å². The topological polar surface area (TPSA) is 82.3 Å². The lowest BCUT2D eigenvalue weighted by Crippen LogP contribution is -2.20. The summed E-state index contributed by atoms with van der Waals surface area (Å²) in [7, 11) is 1.61. The van der Waals surface area contributed by atoms with Crippen molar-refractivity contribution in [2.45, 2.75) is 25.1 Å². The van der Waals surface area contributed by atoms with Gasteiger partial charge in [0.25, 0.3) is 0 Å². The lowest BCUT2D eigenvalue weighted by atomic mass is 10.2. The van der Waals surface area contributed by atoms with Crippen molar-refractivity contribution in [1.29, 1.82) is 0 Å². The molecule has 1 aromatic heterocycles. The van der Waals surface area contributed by atoms with Gasteiger partial charge in [-0.1, -0.05) is 36.0 Å². The molecule has 0 saturated heterocycles. The molecule has 0 amide bonds. The first kappa shape index (κ1) is 19.2. The summed E-state index contributed by atoms with van der Waals surface area (Å²) in [6.45, 7) is 4.17. The molecule has 0 aliphatic heterocycles. The average Bonchev–Trinajstić information content (AvgIpc) is 3.14. The average molecular weight is 386 g/mol. The smallest absolute Gasteiger partial charge is 0.214 e. The Labute approximate surface area is 162 Å². The number of ether oxygens (including phenoxy) is 2. The van der Waals surface area contributed by atoms with Crippen LogP contribution in [-0.2, 0) is 0 Å². The summed E-state index contributed by atoms with van der Waals surface area (Å²) in [6.07, 6.45) is -0.654. The van der Waals surface area contributed by atoms with Gasteiger partial charge in [-0.3, -0.25) is 0 Å². The SMILES string of the molecule is COc1ccc(C)cc1-n1nnnc1SC[C@@H](O)COc1ccccc1C. The summed E-state index contributed by atoms with van der Waals surface area (Å²) < 4.78 is 12.7. The van der Waals surface area contributed by atoms with Crippen LogP contribution in [0.25, 0.3) is 5.69 Å². The van der Waals surface area contributed by atoms with Crippen molar-refractivity contribution in [3.8, 4) is 17.2 Å². The van der Waals surface area contributed by atoms with E-state index in [4.69, 9.17) is 9.47 Å². The lowest BCUT2D eigenvalue weighted by molar-refractivity contribution is 0.126. The molecule has 142 valence electrons. The van der Waals surface area contributed by atoms with Crippen molar-refractivity contribution < 1.29 is 14.6 Å². The minimum atomic E-state index is -0.654. The lowest BCUT2D eigenvalue weighted by Gasteiger charge is -2.14. The van der Waals surface area contributed by atoms with Crippen LogP contribution in [0.3, 0.4) is 0 Å². The van der Waals surface area contributed by atoms with Crippen molar-refractivity contribution in [1.82, 2.24) is 20.2 Å². The summed E-state index contributed by atoms with van der Waals surface area (Å²) in [5.74, 6) is 1.86. The number of para-hydroxylation sites is 1. The zero-order valence-corrected chi connectivity index (χ0v) is 16.3. The van der Waals surface area contributed by atoms with E-state index in [0.717, 1.165) is 22.6 Å². The summed E-state index contributed by atoms with van der Waals surface area (Å²) in [6, 6.07) is 13.5. The van der Waals surface area contributed by atoms with Gasteiger partial charge in [0.05, 0.1) is 13.2 Å². The maximum absolute atomic E-state index is 10.3. The van der Waals surface area contributed by atoms with Gasteiger partial charge in [-0.05, 0) is 53.6 Å². The molecule has 0 spiro atoms. The molecule has 8 heteroatoms. The first-order chi connectivity index (χ1) is 13.1. The van der Waals surface area contributed by atoms with Crippen LogP contribution >= 0.6 is 11.8 Å². The largest absolute Gasteiger partial charge is 0.494 e. The molecule has 0 saturated carbocycles. The number of hydrogen-bond donors (Lipinski definition) is 1. The number of tetrazole rings is 1. The number of rotatable bonds is 8. The molecule has 0 fully saturated rings. The molecule has 27 heavy (non-hydrogen) atoms. The number of methoxy groups -OCH3 is 1. The van der Waals surface area contributed by atoms with Crippen LogP contribution in [0.4, 0.5) is 0 Å². The molecule has 3 aromatic rings. The van der Waals surface area contributed by atoms with Crippen LogP contribution in [0.15, 0.2) is 47.6 Å². The minimum Gasteiger partial charge on any atom is -0.494 e. The molecule has 0 bridgehead atoms. The number of benzene rings is 2. The molecule has 1 heterocycles. The Morgan fingerprint density at radius 2 is 1.96 bits per heavy atom. The fourth-order valence-corrected chi connectivity index (χ4v) is 3.30. The third-order valence-corrected chi connectivity index (χ3v) is 5.00. The Morgan fingerprint density at radius 1 is 1.15 bits per heavy atom. The van der Waals surface area contributed by atoms with Crippen molar-refractivity contribution in [3.05, 3.63) is 53.6 Å². The highest BCUT2D eigenvalue weighted by Crippen LogP contribution is 2.27. The number of aliphatic hydroxyl groups is 1. The van der Waals surface area contributed by atoms with E-state index in [0.29, 0.717) is 16.7 Å². The van der Waals surface area contributed by atoms with E-state index in [-0.39, 0.29) is 6.61 Å². The zero-order valence-electron chi connectivity index (χ0n) is 15.5. The highest BCUT2D eigenvalue weighted by Gasteiger charge is 2.16. The number of aryl methyl sites for hydroxylation is 2. The maximum atomic E-state index is 10.3. The summed E-state index contributed by atoms with van der Waals surface area (Å²) in [5, 5.41) is 22.7. The van der Waals surface area contributed by atoms with E-state index in [1.165, 1.54) is 11.8 Å². The Balaban J connectivity index is 1.64. The molecule has 0 unspecified atom stereocenters. The molecule has 1 atom stereocenters. The maximum Gasteiger partial charge on any atom is 0.214 e. The summed E-state index contributed by atoms with van der Waals surface area (Å²) >= 11 is 1.36. The number of aromatic nitrogens is 4. The van der Waals surface area contributed by atoms with Gasteiger partial charge < -0.3 is 14.6 Å². The van der Waals surface area contributed by atoms with E-state index in [1.807, 2.05) is 56.3 Å². The highest BCUT2D eigenvalue weighted by molar-refractivity contribution is 7.99. The van der Waals surface area contributed by atoms with Crippen LogP contribution in [0.2, 0.25) is 0 Å². The van der Waals surface area contributed by atoms with Gasteiger partial charge in [0.15, 0.2) is 0 Å². The summed E-state index contributed by atoms with van der Waals surface area (Å²) in [4.78, 5) is 0. The third-order valence-electron chi connectivity index (χ3n) is 3.93. The van der Waals surface area contributed by atoms with Crippen molar-refractivity contribution in [2.24, 2.45) is 0 Å². The fourth-order valence-electron chi connectivity index (χ4n) is 2.51. The molecule has 2 aromatic carbocycles. The zero-order chi connectivity index (χ0) is 19.2. The van der Waals surface area contributed by atoms with Crippen molar-refractivity contribution in [3.63, 3.8) is 0 Å². The number of thioether (sulfide) groups is 1. The Hall–Kier alpha value is -2.58. The van der Waals surface area contributed by atoms with Gasteiger partial charge in [0.1, 0.15) is 23.8 Å². The van der Waals surface area contributed by atoms with Crippen LogP contribution < -0.4 is 9.47 Å². The van der Waals surface area contributed by atoms with Crippen LogP contribution in [0.5, 0.6) is 11.5 Å². The third kappa shape index (κ3) is 4.78. The number of aliphatic hydroxyl groups excluding tert-OH is 1. The van der Waals surface area contributed by atoms with Gasteiger partial charge in [0.2, 0.25) is 5.16 Å². The predicted molar refractivity (Wildman–Crippen MR) is 104 cm³/mol. The van der Waals surface area contributed by atoms with E-state index in [9.17, 15) is 5.11 Å². The second-order valence-electron chi connectivity index (χ2n) is 6.09. The van der Waals surface area contributed by atoms with Crippen LogP contribution in [0.1, 0.15) is 11.1 Å². The minimum absolute atomic E-state index is 0.202. The first-order valence-electron chi connectivity index (χ1n) is 8.51. The van der Waals surface area contributed by atoms with Crippen LogP contribution in [-0.4, -0.2) is 50.9 Å². The molecule has 0 aliphatic rings. The van der Waals surface area contributed by atoms with Gasteiger partial charge >= 0.3 is 0 Å². The second-order valence-corrected chi connectivity index (χ2v) is 7.08. The first-order valence-corrected chi connectivity index (χ1v) is 9.49. The standard InChI is InChI=1S/C19H22N4O3S/c1-13-8-9-18(25-3)16(10-13)23-19(20-21-22-23)27-12-15(24)11-26-17-7-5-4-6-14(17)2/h4-10,15,24H,11-12H2,1-3H3/t15-/m0/s1. The van der Waals surface area contributed by atoms with E-state index in [1.54, 1.807) is 11.8 Å². The molecule has 0 aliphatic carbocycles. The number of hydrogen-bond acceptors (Lipinski definition) is 7. The number of nitrogens with zero attached hydrogens (tertiary/aromatic N) is 4. The van der Waals surface area contributed by atoms with Crippen molar-refractivity contribution in [2.75, 3.05) is 19.5 Å².